The number of aromatic nitrogens is 1. The molecule has 1 aliphatic heterocycles. The van der Waals surface area contributed by atoms with Crippen LogP contribution in [0.15, 0.2) is 29.4 Å². The zero-order valence-corrected chi connectivity index (χ0v) is 20.2. The quantitative estimate of drug-likeness (QED) is 0.621. The molecule has 0 aromatic carbocycles. The maximum Gasteiger partial charge on any atom is 0.244 e. The van der Waals surface area contributed by atoms with Crippen LogP contribution in [0.5, 0.6) is 0 Å². The van der Waals surface area contributed by atoms with Gasteiger partial charge in [0.25, 0.3) is 0 Å². The highest BCUT2D eigenvalue weighted by Crippen LogP contribution is 2.32. The first-order valence-electron chi connectivity index (χ1n) is 11.1. The molecule has 0 bridgehead atoms. The normalized spacial score (nSPS) is 28.6. The molecule has 1 aromatic heterocycles. The van der Waals surface area contributed by atoms with Crippen molar-refractivity contribution in [2.45, 2.75) is 75.5 Å². The highest BCUT2D eigenvalue weighted by Gasteiger charge is 2.41. The van der Waals surface area contributed by atoms with Crippen molar-refractivity contribution >= 4 is 20.0 Å². The Balaban J connectivity index is 1.77. The van der Waals surface area contributed by atoms with Gasteiger partial charge in [-0.3, -0.25) is 4.98 Å². The molecule has 10 heteroatoms. The summed E-state index contributed by atoms with van der Waals surface area (Å²) in [6.07, 6.45) is 9.30. The van der Waals surface area contributed by atoms with Gasteiger partial charge in [0, 0.05) is 25.0 Å². The van der Waals surface area contributed by atoms with Crippen molar-refractivity contribution < 1.29 is 21.6 Å². The fourth-order valence-electron chi connectivity index (χ4n) is 4.73. The Morgan fingerprint density at radius 2 is 1.87 bits per heavy atom. The Hall–Kier alpha value is -1.07. The average molecular weight is 474 g/mol. The van der Waals surface area contributed by atoms with Crippen LogP contribution in [0.3, 0.4) is 0 Å². The molecule has 2 atom stereocenters. The van der Waals surface area contributed by atoms with Gasteiger partial charge in [0.15, 0.2) is 0 Å². The van der Waals surface area contributed by atoms with Crippen LogP contribution in [0.2, 0.25) is 0 Å². The van der Waals surface area contributed by atoms with Crippen LogP contribution in [0.4, 0.5) is 0 Å². The zero-order chi connectivity index (χ0) is 22.6. The average Bonchev–Trinajstić information content (AvgIpc) is 2.72. The van der Waals surface area contributed by atoms with Gasteiger partial charge >= 0.3 is 0 Å². The second-order valence-electron chi connectivity index (χ2n) is 9.12. The van der Waals surface area contributed by atoms with Crippen LogP contribution < -0.4 is 4.72 Å². The third-order valence-corrected chi connectivity index (χ3v) is 9.14. The van der Waals surface area contributed by atoms with Crippen molar-refractivity contribution in [1.29, 1.82) is 0 Å². The molecule has 2 aliphatic rings. The van der Waals surface area contributed by atoms with Gasteiger partial charge < -0.3 is 4.74 Å². The summed E-state index contributed by atoms with van der Waals surface area (Å²) in [6.45, 7) is 4.99. The maximum atomic E-state index is 13.3. The Morgan fingerprint density at radius 3 is 2.45 bits per heavy atom. The minimum Gasteiger partial charge on any atom is -0.376 e. The number of hydrogen-bond donors (Lipinski definition) is 1. The lowest BCUT2D eigenvalue weighted by Gasteiger charge is -2.41. The minimum absolute atomic E-state index is 0.0822. The van der Waals surface area contributed by atoms with Gasteiger partial charge in [-0.15, -0.1) is 0 Å². The molecule has 2 heterocycles. The Labute approximate surface area is 186 Å². The monoisotopic (exact) mass is 473 g/mol. The van der Waals surface area contributed by atoms with E-state index in [-0.39, 0.29) is 17.6 Å². The lowest BCUT2D eigenvalue weighted by atomic mass is 9.80. The summed E-state index contributed by atoms with van der Waals surface area (Å²) >= 11 is 0. The van der Waals surface area contributed by atoms with Gasteiger partial charge in [-0.2, -0.15) is 4.31 Å². The molecule has 1 aliphatic carbocycles. The first-order chi connectivity index (χ1) is 14.6. The predicted octanol–water partition coefficient (Wildman–Crippen LogP) is 2.38. The lowest BCUT2D eigenvalue weighted by molar-refractivity contribution is -0.0173. The fourth-order valence-corrected chi connectivity index (χ4v) is 7.20. The summed E-state index contributed by atoms with van der Waals surface area (Å²) in [7, 11) is -7.31. The second kappa shape index (κ2) is 10.2. The number of sulfonamides is 2. The zero-order valence-electron chi connectivity index (χ0n) is 18.6. The molecular formula is C21H35N3O5S2. The maximum absolute atomic E-state index is 13.3. The van der Waals surface area contributed by atoms with Crippen LogP contribution in [0, 0.1) is 11.8 Å². The molecule has 0 amide bonds. The van der Waals surface area contributed by atoms with E-state index in [1.807, 2.05) is 0 Å². The molecular weight excluding hydrogens is 438 g/mol. The number of nitrogens with zero attached hydrogens (tertiary/aromatic N) is 2. The number of pyridine rings is 1. The van der Waals surface area contributed by atoms with Crippen LogP contribution >= 0.6 is 0 Å². The number of ether oxygens (including phenoxy) is 1. The number of rotatable bonds is 8. The Bertz CT molecular complexity index is 914. The summed E-state index contributed by atoms with van der Waals surface area (Å²) < 4.78 is 60.8. The van der Waals surface area contributed by atoms with Crippen molar-refractivity contribution in [1.82, 2.24) is 14.0 Å². The molecule has 1 N–H and O–H groups in total. The first kappa shape index (κ1) is 24.6. The number of piperidine rings is 1. The molecule has 176 valence electrons. The summed E-state index contributed by atoms with van der Waals surface area (Å²) in [6, 6.07) is 1.97. The highest BCUT2D eigenvalue weighted by molar-refractivity contribution is 7.89. The predicted molar refractivity (Wildman–Crippen MR) is 119 cm³/mol. The summed E-state index contributed by atoms with van der Waals surface area (Å²) in [5.41, 5.74) is 0. The van der Waals surface area contributed by atoms with E-state index in [1.165, 1.54) is 22.8 Å². The van der Waals surface area contributed by atoms with E-state index >= 15 is 0 Å². The minimum atomic E-state index is -3.82. The van der Waals surface area contributed by atoms with E-state index in [4.69, 9.17) is 4.74 Å². The molecule has 8 nitrogen and oxygen atoms in total. The van der Waals surface area contributed by atoms with Crippen LogP contribution in [-0.2, 0) is 24.8 Å². The third kappa shape index (κ3) is 6.47. The number of hydrogen-bond acceptors (Lipinski definition) is 6. The van der Waals surface area contributed by atoms with Gasteiger partial charge in [-0.25, -0.2) is 21.6 Å². The first-order valence-corrected chi connectivity index (χ1v) is 14.4. The molecule has 1 saturated heterocycles. The van der Waals surface area contributed by atoms with Crippen LogP contribution in [0.25, 0.3) is 0 Å². The van der Waals surface area contributed by atoms with E-state index in [1.54, 1.807) is 6.07 Å². The summed E-state index contributed by atoms with van der Waals surface area (Å²) in [5.74, 6) is 1.36. The lowest BCUT2D eigenvalue weighted by Crippen LogP contribution is -2.58. The van der Waals surface area contributed by atoms with Gasteiger partial charge in [-0.1, -0.05) is 13.8 Å². The van der Waals surface area contributed by atoms with Crippen molar-refractivity contribution in [3.05, 3.63) is 24.5 Å². The smallest absolute Gasteiger partial charge is 0.244 e. The van der Waals surface area contributed by atoms with Gasteiger partial charge in [0.1, 0.15) is 4.90 Å². The van der Waals surface area contributed by atoms with Crippen LogP contribution in [0.1, 0.15) is 52.4 Å². The van der Waals surface area contributed by atoms with E-state index in [9.17, 15) is 16.8 Å². The van der Waals surface area contributed by atoms with E-state index in [0.717, 1.165) is 31.9 Å². The molecule has 2 fully saturated rings. The molecule has 0 unspecified atom stereocenters. The van der Waals surface area contributed by atoms with Crippen molar-refractivity contribution in [3.8, 4) is 0 Å². The molecule has 0 radical (unpaired) electrons. The van der Waals surface area contributed by atoms with Gasteiger partial charge in [0.2, 0.25) is 20.0 Å². The SMILES string of the molecule is CC(C)C1CCC(OC[C@H]2[C@@H](NS(C)(=O)=O)CCCN2S(=O)(=O)c2cccnc2)CC1. The van der Waals surface area contributed by atoms with E-state index < -0.39 is 32.1 Å². The Kier molecular flexibility index (Phi) is 8.12. The van der Waals surface area contributed by atoms with Crippen LogP contribution in [-0.4, -0.2) is 63.7 Å². The topological polar surface area (TPSA) is 106 Å². The highest BCUT2D eigenvalue weighted by atomic mass is 32.2. The standard InChI is InChI=1S/C21H35N3O5S2/c1-16(2)17-8-10-18(11-9-17)29-15-21-20(23-30(3,25)26)7-5-13-24(21)31(27,28)19-6-4-12-22-14-19/h4,6,12,14,16-18,20-21,23H,5,7-11,13,15H2,1-3H3/t17?,18?,20-,21-/m0/s1. The summed E-state index contributed by atoms with van der Waals surface area (Å²) in [5, 5.41) is 0. The van der Waals surface area contributed by atoms with Crippen molar-refractivity contribution in [2.24, 2.45) is 11.8 Å². The molecule has 1 saturated carbocycles. The number of nitrogens with one attached hydrogen (secondary N) is 1. The largest absolute Gasteiger partial charge is 0.376 e. The molecule has 0 spiro atoms. The fraction of sp³-hybridized carbons (Fsp3) is 0.762. The van der Waals surface area contributed by atoms with Gasteiger partial charge in [0.05, 0.1) is 25.0 Å². The van der Waals surface area contributed by atoms with E-state index in [2.05, 4.69) is 23.6 Å². The molecule has 3 rings (SSSR count). The summed E-state index contributed by atoms with van der Waals surface area (Å²) in [4.78, 5) is 4.05. The van der Waals surface area contributed by atoms with E-state index in [0.29, 0.717) is 31.2 Å². The third-order valence-electron chi connectivity index (χ3n) is 6.50. The Morgan fingerprint density at radius 1 is 1.16 bits per heavy atom. The van der Waals surface area contributed by atoms with Crippen molar-refractivity contribution in [3.63, 3.8) is 0 Å². The second-order valence-corrected chi connectivity index (χ2v) is 12.8. The molecule has 1 aromatic rings. The molecule has 31 heavy (non-hydrogen) atoms. The van der Waals surface area contributed by atoms with Gasteiger partial charge in [-0.05, 0) is 62.5 Å². The van der Waals surface area contributed by atoms with Crippen molar-refractivity contribution in [2.75, 3.05) is 19.4 Å².